The molecule has 1 unspecified atom stereocenters. The van der Waals surface area contributed by atoms with Crippen LogP contribution < -0.4 is 16.6 Å². The molecule has 0 radical (unpaired) electrons. The number of nitrogen functional groups attached to an aromatic ring is 1. The van der Waals surface area contributed by atoms with E-state index in [2.05, 4.69) is 48.5 Å². The Hall–Kier alpha value is -0.920. The maximum atomic E-state index is 5.32. The second kappa shape index (κ2) is 6.31. The Morgan fingerprint density at radius 3 is 3.17 bits per heavy atom. The molecule has 0 saturated carbocycles. The van der Waals surface area contributed by atoms with E-state index in [0.29, 0.717) is 12.0 Å². The summed E-state index contributed by atoms with van der Waals surface area (Å²) >= 11 is 3.45. The standard InChI is InChI=1S/C11H19BrN6/c1-2-18-5-3-4-8(7-18)15-10-9(12)6-14-11(16-10)17-13/h6,8H,2-5,7,13H2,1H3,(H2,14,15,16,17). The van der Waals surface area contributed by atoms with Crippen molar-refractivity contribution in [3.05, 3.63) is 10.7 Å². The minimum atomic E-state index is 0.420. The molecule has 2 rings (SSSR count). The van der Waals surface area contributed by atoms with Gasteiger partial charge in [0, 0.05) is 18.8 Å². The maximum absolute atomic E-state index is 5.32. The number of likely N-dealkylation sites (tertiary alicyclic amines) is 1. The number of piperidine rings is 1. The van der Waals surface area contributed by atoms with Crippen LogP contribution >= 0.6 is 15.9 Å². The lowest BCUT2D eigenvalue weighted by molar-refractivity contribution is 0.226. The fourth-order valence-electron chi connectivity index (χ4n) is 2.19. The van der Waals surface area contributed by atoms with Crippen molar-refractivity contribution in [2.24, 2.45) is 5.84 Å². The van der Waals surface area contributed by atoms with Gasteiger partial charge in [0.25, 0.3) is 0 Å². The Morgan fingerprint density at radius 1 is 1.61 bits per heavy atom. The fraction of sp³-hybridized carbons (Fsp3) is 0.636. The number of rotatable bonds is 4. The van der Waals surface area contributed by atoms with E-state index in [4.69, 9.17) is 5.84 Å². The van der Waals surface area contributed by atoms with Gasteiger partial charge in [0.15, 0.2) is 0 Å². The Morgan fingerprint density at radius 2 is 2.44 bits per heavy atom. The molecule has 1 fully saturated rings. The Bertz CT molecular complexity index is 399. The quantitative estimate of drug-likeness (QED) is 0.576. The van der Waals surface area contributed by atoms with Crippen molar-refractivity contribution in [2.45, 2.75) is 25.8 Å². The van der Waals surface area contributed by atoms with Gasteiger partial charge in [-0.3, -0.25) is 5.43 Å². The summed E-state index contributed by atoms with van der Waals surface area (Å²) in [6.07, 6.45) is 4.08. The summed E-state index contributed by atoms with van der Waals surface area (Å²) in [5.41, 5.74) is 2.46. The zero-order valence-electron chi connectivity index (χ0n) is 10.5. The number of nitrogens with two attached hydrogens (primary N) is 1. The van der Waals surface area contributed by atoms with Crippen molar-refractivity contribution in [3.8, 4) is 0 Å². The van der Waals surface area contributed by atoms with Crippen LogP contribution in [0.15, 0.2) is 10.7 Å². The molecule has 2 heterocycles. The number of hydrogen-bond donors (Lipinski definition) is 3. The van der Waals surface area contributed by atoms with Gasteiger partial charge in [0.2, 0.25) is 5.95 Å². The Balaban J connectivity index is 2.04. The van der Waals surface area contributed by atoms with Crippen LogP contribution in [0.25, 0.3) is 0 Å². The summed E-state index contributed by atoms with van der Waals surface area (Å²) in [5, 5.41) is 3.45. The summed E-state index contributed by atoms with van der Waals surface area (Å²) in [6, 6.07) is 0.426. The van der Waals surface area contributed by atoms with E-state index < -0.39 is 0 Å². The predicted octanol–water partition coefficient (Wildman–Crippen LogP) is 1.42. The number of hydrazine groups is 1. The second-order valence-corrected chi connectivity index (χ2v) is 5.27. The number of halogens is 1. The first-order valence-electron chi connectivity index (χ1n) is 6.21. The van der Waals surface area contributed by atoms with E-state index in [9.17, 15) is 0 Å². The highest BCUT2D eigenvalue weighted by molar-refractivity contribution is 9.10. The van der Waals surface area contributed by atoms with Crippen LogP contribution in [-0.4, -0.2) is 40.5 Å². The summed E-state index contributed by atoms with van der Waals surface area (Å²) in [5.74, 6) is 6.53. The third-order valence-corrected chi connectivity index (χ3v) is 3.75. The minimum absolute atomic E-state index is 0.420. The first-order valence-corrected chi connectivity index (χ1v) is 7.00. The molecule has 100 valence electrons. The minimum Gasteiger partial charge on any atom is -0.365 e. The van der Waals surface area contributed by atoms with Gasteiger partial charge in [0.1, 0.15) is 5.82 Å². The zero-order chi connectivity index (χ0) is 13.0. The monoisotopic (exact) mass is 314 g/mol. The smallest absolute Gasteiger partial charge is 0.239 e. The van der Waals surface area contributed by atoms with Crippen LogP contribution in [0, 0.1) is 0 Å². The molecule has 4 N–H and O–H groups in total. The lowest BCUT2D eigenvalue weighted by Gasteiger charge is -2.32. The predicted molar refractivity (Wildman–Crippen MR) is 76.3 cm³/mol. The van der Waals surface area contributed by atoms with E-state index >= 15 is 0 Å². The zero-order valence-corrected chi connectivity index (χ0v) is 12.1. The van der Waals surface area contributed by atoms with E-state index in [1.807, 2.05) is 0 Å². The number of nitrogens with zero attached hydrogens (tertiary/aromatic N) is 3. The lowest BCUT2D eigenvalue weighted by Crippen LogP contribution is -2.42. The second-order valence-electron chi connectivity index (χ2n) is 4.41. The Kier molecular flexibility index (Phi) is 4.73. The van der Waals surface area contributed by atoms with Crippen LogP contribution in [0.5, 0.6) is 0 Å². The van der Waals surface area contributed by atoms with Gasteiger partial charge < -0.3 is 10.2 Å². The molecular formula is C11H19BrN6. The van der Waals surface area contributed by atoms with Gasteiger partial charge in [-0.05, 0) is 41.9 Å². The molecule has 18 heavy (non-hydrogen) atoms. The van der Waals surface area contributed by atoms with Gasteiger partial charge in [-0.15, -0.1) is 0 Å². The molecule has 1 aliphatic rings. The van der Waals surface area contributed by atoms with Crippen LogP contribution in [0.3, 0.4) is 0 Å². The van der Waals surface area contributed by atoms with Gasteiger partial charge >= 0.3 is 0 Å². The van der Waals surface area contributed by atoms with Gasteiger partial charge in [-0.25, -0.2) is 10.8 Å². The number of anilines is 2. The number of nitrogens with one attached hydrogen (secondary N) is 2. The van der Waals surface area contributed by atoms with Crippen molar-refractivity contribution >= 4 is 27.7 Å². The molecule has 0 spiro atoms. The van der Waals surface area contributed by atoms with E-state index in [-0.39, 0.29) is 0 Å². The topological polar surface area (TPSA) is 79.1 Å². The van der Waals surface area contributed by atoms with Crippen molar-refractivity contribution < 1.29 is 0 Å². The average molecular weight is 315 g/mol. The van der Waals surface area contributed by atoms with Crippen molar-refractivity contribution in [2.75, 3.05) is 30.4 Å². The highest BCUT2D eigenvalue weighted by atomic mass is 79.9. The highest BCUT2D eigenvalue weighted by Crippen LogP contribution is 2.22. The van der Waals surface area contributed by atoms with E-state index in [1.54, 1.807) is 6.20 Å². The first-order chi connectivity index (χ1) is 8.72. The third kappa shape index (κ3) is 3.30. The van der Waals surface area contributed by atoms with Crippen LogP contribution in [0.1, 0.15) is 19.8 Å². The molecule has 7 heteroatoms. The molecule has 0 amide bonds. The van der Waals surface area contributed by atoms with Gasteiger partial charge in [0.05, 0.1) is 4.47 Å². The van der Waals surface area contributed by atoms with E-state index in [1.165, 1.54) is 19.4 Å². The normalized spacial score (nSPS) is 20.7. The molecule has 1 atom stereocenters. The molecule has 1 aliphatic heterocycles. The van der Waals surface area contributed by atoms with Gasteiger partial charge in [-0.2, -0.15) is 4.98 Å². The fourth-order valence-corrected chi connectivity index (χ4v) is 2.50. The third-order valence-electron chi connectivity index (χ3n) is 3.17. The highest BCUT2D eigenvalue weighted by Gasteiger charge is 2.19. The average Bonchev–Trinajstić information content (AvgIpc) is 2.41. The summed E-state index contributed by atoms with van der Waals surface area (Å²) in [7, 11) is 0. The largest absolute Gasteiger partial charge is 0.365 e. The summed E-state index contributed by atoms with van der Waals surface area (Å²) in [6.45, 7) is 5.53. The maximum Gasteiger partial charge on any atom is 0.239 e. The van der Waals surface area contributed by atoms with Crippen molar-refractivity contribution in [3.63, 3.8) is 0 Å². The Labute approximate surface area is 115 Å². The first kappa shape index (κ1) is 13.5. The SMILES string of the molecule is CCN1CCCC(Nc2nc(NN)ncc2Br)C1. The summed E-state index contributed by atoms with van der Waals surface area (Å²) < 4.78 is 0.857. The molecule has 0 aliphatic carbocycles. The summed E-state index contributed by atoms with van der Waals surface area (Å²) in [4.78, 5) is 10.8. The van der Waals surface area contributed by atoms with Crippen molar-refractivity contribution in [1.82, 2.24) is 14.9 Å². The van der Waals surface area contributed by atoms with Crippen LogP contribution in [-0.2, 0) is 0 Å². The molecule has 1 aromatic heterocycles. The van der Waals surface area contributed by atoms with Gasteiger partial charge in [-0.1, -0.05) is 6.92 Å². The number of hydrogen-bond acceptors (Lipinski definition) is 6. The van der Waals surface area contributed by atoms with Crippen LogP contribution in [0.2, 0.25) is 0 Å². The molecule has 0 aromatic carbocycles. The van der Waals surface area contributed by atoms with Crippen LogP contribution in [0.4, 0.5) is 11.8 Å². The van der Waals surface area contributed by atoms with Crippen molar-refractivity contribution in [1.29, 1.82) is 0 Å². The van der Waals surface area contributed by atoms with E-state index in [0.717, 1.165) is 23.4 Å². The lowest BCUT2D eigenvalue weighted by atomic mass is 10.1. The number of likely N-dealkylation sites (N-methyl/N-ethyl adjacent to an activating group) is 1. The molecular weight excluding hydrogens is 296 g/mol. The molecule has 1 saturated heterocycles. The molecule has 6 nitrogen and oxygen atoms in total. The molecule has 0 bridgehead atoms. The molecule has 1 aromatic rings. The number of aromatic nitrogens is 2.